The van der Waals surface area contributed by atoms with Crippen LogP contribution in [0.2, 0.25) is 0 Å². The van der Waals surface area contributed by atoms with Crippen molar-refractivity contribution in [1.82, 2.24) is 10.3 Å². The summed E-state index contributed by atoms with van der Waals surface area (Å²) in [5, 5.41) is 8.24. The minimum atomic E-state index is -0.272. The number of anilines is 2. The summed E-state index contributed by atoms with van der Waals surface area (Å²) in [6.07, 6.45) is 5.35. The van der Waals surface area contributed by atoms with Gasteiger partial charge in [0.25, 0.3) is 0 Å². The van der Waals surface area contributed by atoms with Crippen molar-refractivity contribution in [3.8, 4) is 0 Å². The Kier molecular flexibility index (Phi) is 5.42. The summed E-state index contributed by atoms with van der Waals surface area (Å²) in [5.74, 6) is -0.505. The Balaban J connectivity index is 1.13. The highest BCUT2D eigenvalue weighted by molar-refractivity contribution is 5.91. The third-order valence-electron chi connectivity index (χ3n) is 5.94. The predicted octanol–water partition coefficient (Wildman–Crippen LogP) is 4.93. The maximum absolute atomic E-state index is 14.1. The monoisotopic (exact) mass is 422 g/mol. The molecule has 2 N–H and O–H groups in total. The number of halogens is 2. The molecule has 3 heterocycles. The van der Waals surface area contributed by atoms with Crippen molar-refractivity contribution < 1.29 is 13.2 Å². The summed E-state index contributed by atoms with van der Waals surface area (Å²) in [6.45, 7) is 3.31. The van der Waals surface area contributed by atoms with E-state index in [1.54, 1.807) is 30.7 Å². The molecule has 1 saturated heterocycles. The highest BCUT2D eigenvalue weighted by Crippen LogP contribution is 2.29. The second-order valence-corrected chi connectivity index (χ2v) is 7.90. The van der Waals surface area contributed by atoms with Crippen molar-refractivity contribution in [3.05, 3.63) is 66.6 Å². The number of furan rings is 1. The Morgan fingerprint density at radius 3 is 2.77 bits per heavy atom. The van der Waals surface area contributed by atoms with Crippen LogP contribution in [0.3, 0.4) is 0 Å². The lowest BCUT2D eigenvalue weighted by molar-refractivity contribution is 0.421. The van der Waals surface area contributed by atoms with Gasteiger partial charge in [-0.2, -0.15) is 0 Å². The SMILES string of the molecule is Fc1ccc2occ(NCCNC3CCN(c4ccc(F)c5cccnc45)CC3)c2c1. The lowest BCUT2D eigenvalue weighted by atomic mass is 10.0. The molecular formula is C24H24F2N4O. The Morgan fingerprint density at radius 2 is 1.90 bits per heavy atom. The molecule has 0 amide bonds. The topological polar surface area (TPSA) is 53.3 Å². The van der Waals surface area contributed by atoms with Crippen LogP contribution in [0.25, 0.3) is 21.9 Å². The molecule has 1 aliphatic heterocycles. The van der Waals surface area contributed by atoms with Crippen molar-refractivity contribution in [2.75, 3.05) is 36.4 Å². The summed E-state index contributed by atoms with van der Waals surface area (Å²) in [6, 6.07) is 11.9. The van der Waals surface area contributed by atoms with Gasteiger partial charge in [0, 0.05) is 49.2 Å². The molecule has 7 heteroatoms. The first-order valence-corrected chi connectivity index (χ1v) is 10.6. The average Bonchev–Trinajstić information content (AvgIpc) is 3.20. The minimum Gasteiger partial charge on any atom is -0.462 e. The highest BCUT2D eigenvalue weighted by atomic mass is 19.1. The molecule has 0 bridgehead atoms. The molecule has 0 atom stereocenters. The van der Waals surface area contributed by atoms with Crippen LogP contribution in [-0.2, 0) is 0 Å². The van der Waals surface area contributed by atoms with Crippen LogP contribution in [0.15, 0.2) is 59.3 Å². The van der Waals surface area contributed by atoms with Gasteiger partial charge in [-0.05, 0) is 55.3 Å². The molecular weight excluding hydrogens is 398 g/mol. The van der Waals surface area contributed by atoms with Gasteiger partial charge in [0.15, 0.2) is 0 Å². The zero-order chi connectivity index (χ0) is 21.2. The molecule has 5 nitrogen and oxygen atoms in total. The molecule has 2 aromatic carbocycles. The van der Waals surface area contributed by atoms with Crippen LogP contribution in [0.5, 0.6) is 0 Å². The standard InChI is InChI=1S/C24H24F2N4O/c25-16-3-6-23-19(14-16)21(15-31-23)28-11-10-27-17-7-12-30(13-8-17)22-5-4-20(26)18-2-1-9-29-24(18)22/h1-6,9,14-15,17,27-28H,7-8,10-13H2. The molecule has 0 saturated carbocycles. The normalized spacial score (nSPS) is 15.1. The van der Waals surface area contributed by atoms with E-state index in [1.807, 2.05) is 6.07 Å². The Morgan fingerprint density at radius 1 is 1.03 bits per heavy atom. The van der Waals surface area contributed by atoms with Crippen LogP contribution in [0, 0.1) is 11.6 Å². The van der Waals surface area contributed by atoms with Gasteiger partial charge < -0.3 is 20.0 Å². The fourth-order valence-corrected chi connectivity index (χ4v) is 4.31. The Bertz CT molecular complexity index is 1200. The molecule has 31 heavy (non-hydrogen) atoms. The van der Waals surface area contributed by atoms with Crippen molar-refractivity contribution in [3.63, 3.8) is 0 Å². The number of piperidine rings is 1. The second kappa shape index (κ2) is 8.51. The van der Waals surface area contributed by atoms with Gasteiger partial charge in [-0.25, -0.2) is 8.78 Å². The van der Waals surface area contributed by atoms with Crippen LogP contribution in [0.4, 0.5) is 20.2 Å². The van der Waals surface area contributed by atoms with Crippen LogP contribution < -0.4 is 15.5 Å². The van der Waals surface area contributed by atoms with Gasteiger partial charge in [0.05, 0.1) is 16.9 Å². The number of hydrogen-bond donors (Lipinski definition) is 2. The zero-order valence-electron chi connectivity index (χ0n) is 17.1. The van der Waals surface area contributed by atoms with E-state index in [2.05, 4.69) is 20.5 Å². The van der Waals surface area contributed by atoms with E-state index in [4.69, 9.17) is 4.42 Å². The Labute approximate surface area is 179 Å². The lowest BCUT2D eigenvalue weighted by Gasteiger charge is -2.34. The fraction of sp³-hybridized carbons (Fsp3) is 0.292. The van der Waals surface area contributed by atoms with Gasteiger partial charge in [-0.3, -0.25) is 4.98 Å². The van der Waals surface area contributed by atoms with Crippen LogP contribution in [0.1, 0.15) is 12.8 Å². The third-order valence-corrected chi connectivity index (χ3v) is 5.94. The van der Waals surface area contributed by atoms with Gasteiger partial charge >= 0.3 is 0 Å². The van der Waals surface area contributed by atoms with Gasteiger partial charge in [0.2, 0.25) is 0 Å². The molecule has 0 radical (unpaired) electrons. The second-order valence-electron chi connectivity index (χ2n) is 7.90. The van der Waals surface area contributed by atoms with Crippen molar-refractivity contribution in [1.29, 1.82) is 0 Å². The summed E-state index contributed by atoms with van der Waals surface area (Å²) >= 11 is 0. The number of benzene rings is 2. The minimum absolute atomic E-state index is 0.232. The fourth-order valence-electron chi connectivity index (χ4n) is 4.31. The van der Waals surface area contributed by atoms with Gasteiger partial charge in [0.1, 0.15) is 23.5 Å². The van der Waals surface area contributed by atoms with Crippen LogP contribution in [-0.4, -0.2) is 37.2 Å². The maximum atomic E-state index is 14.1. The molecule has 0 unspecified atom stereocenters. The van der Waals surface area contributed by atoms with E-state index < -0.39 is 0 Å². The molecule has 4 aromatic rings. The molecule has 5 rings (SSSR count). The first-order chi connectivity index (χ1) is 15.2. The van der Waals surface area contributed by atoms with Crippen molar-refractivity contribution >= 4 is 33.2 Å². The quantitative estimate of drug-likeness (QED) is 0.432. The number of fused-ring (bicyclic) bond motifs is 2. The first kappa shape index (κ1) is 19.8. The molecule has 0 spiro atoms. The summed E-state index contributed by atoms with van der Waals surface area (Å²) < 4.78 is 33.0. The van der Waals surface area contributed by atoms with E-state index in [0.717, 1.165) is 61.3 Å². The summed E-state index contributed by atoms with van der Waals surface area (Å²) in [5.41, 5.74) is 3.20. The molecule has 160 valence electrons. The number of aromatic nitrogens is 1. The smallest absolute Gasteiger partial charge is 0.136 e. The number of hydrogen-bond acceptors (Lipinski definition) is 5. The summed E-state index contributed by atoms with van der Waals surface area (Å²) in [4.78, 5) is 6.70. The molecule has 1 fully saturated rings. The van der Waals surface area contributed by atoms with E-state index >= 15 is 0 Å². The number of nitrogens with one attached hydrogen (secondary N) is 2. The van der Waals surface area contributed by atoms with E-state index in [-0.39, 0.29) is 11.6 Å². The molecule has 0 aliphatic carbocycles. The Hall–Kier alpha value is -3.19. The largest absolute Gasteiger partial charge is 0.462 e. The number of nitrogens with zero attached hydrogens (tertiary/aromatic N) is 2. The van der Waals surface area contributed by atoms with E-state index in [0.29, 0.717) is 17.0 Å². The predicted molar refractivity (Wildman–Crippen MR) is 120 cm³/mol. The van der Waals surface area contributed by atoms with E-state index in [1.165, 1.54) is 18.2 Å². The molecule has 1 aliphatic rings. The van der Waals surface area contributed by atoms with Gasteiger partial charge in [-0.1, -0.05) is 0 Å². The van der Waals surface area contributed by atoms with Crippen molar-refractivity contribution in [2.45, 2.75) is 18.9 Å². The number of pyridine rings is 1. The average molecular weight is 422 g/mol. The zero-order valence-corrected chi connectivity index (χ0v) is 17.1. The summed E-state index contributed by atoms with van der Waals surface area (Å²) in [7, 11) is 0. The lowest BCUT2D eigenvalue weighted by Crippen LogP contribution is -2.43. The maximum Gasteiger partial charge on any atom is 0.136 e. The number of rotatable bonds is 6. The van der Waals surface area contributed by atoms with Crippen LogP contribution >= 0.6 is 0 Å². The third kappa shape index (κ3) is 4.05. The first-order valence-electron chi connectivity index (χ1n) is 10.6. The van der Waals surface area contributed by atoms with Gasteiger partial charge in [-0.15, -0.1) is 0 Å². The van der Waals surface area contributed by atoms with Crippen molar-refractivity contribution in [2.24, 2.45) is 0 Å². The molecule has 2 aromatic heterocycles. The van der Waals surface area contributed by atoms with E-state index in [9.17, 15) is 8.78 Å². The highest BCUT2D eigenvalue weighted by Gasteiger charge is 2.21.